The standard InChI is InChI=1S/C32H12Cl2/c33-21-12-18-9-15-5-3-13-1-2-14-4-6-16-10-20-22(34)11-17-7-8-19(21)29-27(17)30(20)32-26(16)24(14)23(13)25(15)31(32)28(18)29/h1-12H. The van der Waals surface area contributed by atoms with Gasteiger partial charge in [-0.3, -0.25) is 0 Å². The van der Waals surface area contributed by atoms with E-state index in [0.29, 0.717) is 0 Å². The first-order valence-electron chi connectivity index (χ1n) is 11.6. The summed E-state index contributed by atoms with van der Waals surface area (Å²) in [4.78, 5) is 0. The van der Waals surface area contributed by atoms with Crippen molar-refractivity contribution in [1.82, 2.24) is 0 Å². The molecule has 0 saturated carbocycles. The summed E-state index contributed by atoms with van der Waals surface area (Å²) in [7, 11) is 0. The van der Waals surface area contributed by atoms with Gasteiger partial charge in [-0.25, -0.2) is 0 Å². The van der Waals surface area contributed by atoms with Crippen LogP contribution in [0.2, 0.25) is 10.0 Å². The molecule has 0 amide bonds. The summed E-state index contributed by atoms with van der Waals surface area (Å²) in [6.07, 6.45) is 0. The van der Waals surface area contributed by atoms with Crippen molar-refractivity contribution in [2.45, 2.75) is 0 Å². The highest BCUT2D eigenvalue weighted by atomic mass is 35.5. The predicted octanol–water partition coefficient (Wildman–Crippen LogP) is 10.6. The number of halogens is 2. The molecule has 10 rings (SSSR count). The second kappa shape index (κ2) is 5.08. The van der Waals surface area contributed by atoms with Gasteiger partial charge in [0.2, 0.25) is 0 Å². The Morgan fingerprint density at radius 3 is 1.44 bits per heavy atom. The van der Waals surface area contributed by atoms with E-state index in [1.165, 1.54) is 86.2 Å². The summed E-state index contributed by atoms with van der Waals surface area (Å²) in [5.41, 5.74) is 0. The summed E-state index contributed by atoms with van der Waals surface area (Å²) < 4.78 is 0. The van der Waals surface area contributed by atoms with Gasteiger partial charge in [0.15, 0.2) is 0 Å². The largest absolute Gasteiger partial charge is 0.0836 e. The maximum Gasteiger partial charge on any atom is 0.0491 e. The van der Waals surface area contributed by atoms with Gasteiger partial charge in [-0.1, -0.05) is 71.7 Å². The first-order valence-corrected chi connectivity index (χ1v) is 12.3. The summed E-state index contributed by atoms with van der Waals surface area (Å²) in [6.45, 7) is 0. The van der Waals surface area contributed by atoms with Crippen molar-refractivity contribution in [2.75, 3.05) is 0 Å². The molecule has 0 bridgehead atoms. The molecule has 34 heavy (non-hydrogen) atoms. The van der Waals surface area contributed by atoms with Crippen molar-refractivity contribution in [2.24, 2.45) is 0 Å². The van der Waals surface area contributed by atoms with Gasteiger partial charge in [0, 0.05) is 31.6 Å². The number of hydrogen-bond donors (Lipinski definition) is 0. The Morgan fingerprint density at radius 1 is 0.294 bits per heavy atom. The van der Waals surface area contributed by atoms with E-state index in [2.05, 4.69) is 72.8 Å². The van der Waals surface area contributed by atoms with Gasteiger partial charge in [-0.2, -0.15) is 0 Å². The molecule has 0 heterocycles. The summed E-state index contributed by atoms with van der Waals surface area (Å²) in [6, 6.07) is 26.9. The summed E-state index contributed by atoms with van der Waals surface area (Å²) in [5.74, 6) is 0. The zero-order valence-corrected chi connectivity index (χ0v) is 19.2. The van der Waals surface area contributed by atoms with Gasteiger partial charge in [0.05, 0.1) is 0 Å². The molecule has 0 nitrogen and oxygen atoms in total. The third-order valence-corrected chi connectivity index (χ3v) is 9.09. The lowest BCUT2D eigenvalue weighted by atomic mass is 9.77. The number of hydrogen-bond acceptors (Lipinski definition) is 0. The molecule has 0 aliphatic carbocycles. The predicted molar refractivity (Wildman–Crippen MR) is 150 cm³/mol. The van der Waals surface area contributed by atoms with Crippen molar-refractivity contribution in [3.05, 3.63) is 82.8 Å². The zero-order chi connectivity index (χ0) is 22.0. The van der Waals surface area contributed by atoms with Crippen LogP contribution < -0.4 is 0 Å². The third kappa shape index (κ3) is 1.58. The first-order chi connectivity index (χ1) is 16.7. The fourth-order valence-electron chi connectivity index (χ4n) is 7.27. The molecule has 0 spiro atoms. The monoisotopic (exact) mass is 466 g/mol. The highest BCUT2D eigenvalue weighted by Crippen LogP contribution is 2.56. The highest BCUT2D eigenvalue weighted by molar-refractivity contribution is 6.56. The fourth-order valence-corrected chi connectivity index (χ4v) is 7.81. The SMILES string of the molecule is Clc1cc2cc3ccc4ccc5ccc6cc7c(Cl)cc8ccc1c1c8c7c7c6c5c4c3c7c21. The second-order valence-corrected chi connectivity index (χ2v) is 10.7. The lowest BCUT2D eigenvalue weighted by molar-refractivity contribution is 1.81. The van der Waals surface area contributed by atoms with Crippen LogP contribution >= 0.6 is 23.2 Å². The van der Waals surface area contributed by atoms with Crippen LogP contribution in [0.1, 0.15) is 0 Å². The average Bonchev–Trinajstić information content (AvgIpc) is 2.86. The van der Waals surface area contributed by atoms with Crippen LogP contribution in [0.25, 0.3) is 97.0 Å². The van der Waals surface area contributed by atoms with Crippen LogP contribution in [0.15, 0.2) is 72.8 Å². The Kier molecular flexibility index (Phi) is 2.53. The molecule has 0 aliphatic heterocycles. The van der Waals surface area contributed by atoms with E-state index in [1.54, 1.807) is 0 Å². The molecule has 0 atom stereocenters. The quantitative estimate of drug-likeness (QED) is 0.154. The smallest absolute Gasteiger partial charge is 0.0491 e. The van der Waals surface area contributed by atoms with Gasteiger partial charge in [0.25, 0.3) is 0 Å². The molecule has 0 radical (unpaired) electrons. The van der Waals surface area contributed by atoms with Gasteiger partial charge in [-0.15, -0.1) is 0 Å². The number of rotatable bonds is 0. The van der Waals surface area contributed by atoms with Crippen LogP contribution in [0, 0.1) is 0 Å². The highest BCUT2D eigenvalue weighted by Gasteiger charge is 2.27. The van der Waals surface area contributed by atoms with Crippen LogP contribution in [0.4, 0.5) is 0 Å². The Morgan fingerprint density at radius 2 is 0.706 bits per heavy atom. The molecule has 0 fully saturated rings. The fraction of sp³-hybridized carbons (Fsp3) is 0. The normalized spacial score (nSPS) is 13.6. The molecule has 0 saturated heterocycles. The van der Waals surface area contributed by atoms with Crippen LogP contribution in [0.3, 0.4) is 0 Å². The van der Waals surface area contributed by atoms with E-state index in [4.69, 9.17) is 23.2 Å². The Bertz CT molecular complexity index is 2450. The molecule has 10 aromatic rings. The van der Waals surface area contributed by atoms with E-state index >= 15 is 0 Å². The Labute approximate surface area is 202 Å². The molecule has 2 heteroatoms. The van der Waals surface area contributed by atoms with Gasteiger partial charge in [-0.05, 0) is 99.7 Å². The maximum absolute atomic E-state index is 6.97. The van der Waals surface area contributed by atoms with Gasteiger partial charge < -0.3 is 0 Å². The van der Waals surface area contributed by atoms with E-state index in [1.807, 2.05) is 0 Å². The molecule has 10 aromatic carbocycles. The minimum atomic E-state index is 0.808. The zero-order valence-electron chi connectivity index (χ0n) is 17.7. The van der Waals surface area contributed by atoms with E-state index in [-0.39, 0.29) is 0 Å². The van der Waals surface area contributed by atoms with Crippen molar-refractivity contribution in [3.8, 4) is 0 Å². The van der Waals surface area contributed by atoms with E-state index in [0.717, 1.165) is 20.8 Å². The molecule has 0 unspecified atom stereocenters. The van der Waals surface area contributed by atoms with Gasteiger partial charge >= 0.3 is 0 Å². The van der Waals surface area contributed by atoms with Crippen molar-refractivity contribution in [1.29, 1.82) is 0 Å². The maximum atomic E-state index is 6.97. The van der Waals surface area contributed by atoms with E-state index in [9.17, 15) is 0 Å². The molecule has 154 valence electrons. The third-order valence-electron chi connectivity index (χ3n) is 8.47. The first kappa shape index (κ1) is 16.9. The lowest BCUT2D eigenvalue weighted by Gasteiger charge is -2.25. The van der Waals surface area contributed by atoms with Crippen LogP contribution in [-0.4, -0.2) is 0 Å². The molecular weight excluding hydrogens is 455 g/mol. The van der Waals surface area contributed by atoms with Crippen molar-refractivity contribution >= 4 is 120 Å². The molecule has 0 aliphatic rings. The van der Waals surface area contributed by atoms with E-state index < -0.39 is 0 Å². The van der Waals surface area contributed by atoms with Crippen LogP contribution in [0.5, 0.6) is 0 Å². The van der Waals surface area contributed by atoms with Crippen molar-refractivity contribution < 1.29 is 0 Å². The van der Waals surface area contributed by atoms with Crippen LogP contribution in [-0.2, 0) is 0 Å². The number of benzene rings is 10. The molecular formula is C32H12Cl2. The lowest BCUT2D eigenvalue weighted by Crippen LogP contribution is -1.97. The summed E-state index contributed by atoms with van der Waals surface area (Å²) >= 11 is 13.9. The molecule has 0 aromatic heterocycles. The topological polar surface area (TPSA) is 0 Å². The molecule has 0 N–H and O–H groups in total. The Balaban J connectivity index is 1.80. The van der Waals surface area contributed by atoms with Gasteiger partial charge in [0.1, 0.15) is 0 Å². The Hall–Kier alpha value is -3.58. The average molecular weight is 467 g/mol. The second-order valence-electron chi connectivity index (χ2n) is 9.92. The summed E-state index contributed by atoms with van der Waals surface area (Å²) in [5, 5.41) is 24.8. The van der Waals surface area contributed by atoms with Crippen molar-refractivity contribution in [3.63, 3.8) is 0 Å². The minimum absolute atomic E-state index is 0.808. The minimum Gasteiger partial charge on any atom is -0.0836 e.